The number of hydrogen-bond acceptors (Lipinski definition) is 16. The van der Waals surface area contributed by atoms with Gasteiger partial charge in [-0.05, 0) is 202 Å². The van der Waals surface area contributed by atoms with Gasteiger partial charge in [0.2, 0.25) is 0 Å². The van der Waals surface area contributed by atoms with Gasteiger partial charge in [0.15, 0.2) is 0 Å². The molecule has 26 heteroatoms. The lowest BCUT2D eigenvalue weighted by Gasteiger charge is -2.04. The van der Waals surface area contributed by atoms with Crippen molar-refractivity contribution < 1.29 is 79.8 Å². The second-order valence-corrected chi connectivity index (χ2v) is 31.4. The summed E-state index contributed by atoms with van der Waals surface area (Å²) in [6.45, 7) is 0. The predicted molar refractivity (Wildman–Crippen MR) is 425 cm³/mol. The van der Waals surface area contributed by atoms with Crippen molar-refractivity contribution in [3.05, 3.63) is 154 Å². The maximum atomic E-state index is 10.3. The number of carboxylic acid groups (broad SMARTS) is 6. The number of aliphatic carboxylic acids is 6. The lowest BCUT2D eigenvalue weighted by Crippen LogP contribution is -1.97. The zero-order valence-electron chi connectivity index (χ0n) is 57.6. The van der Waals surface area contributed by atoms with Crippen LogP contribution in [0.25, 0.3) is 0 Å². The molecular weight excluding hydrogens is 1500 g/mol. The van der Waals surface area contributed by atoms with Gasteiger partial charge in [-0.15, -0.1) is 70.6 Å². The van der Waals surface area contributed by atoms with Gasteiger partial charge < -0.3 is 51.1 Å². The van der Waals surface area contributed by atoms with Gasteiger partial charge in [0.05, 0.1) is 15.8 Å². The molecule has 0 aliphatic rings. The number of unbranched alkanes of at least 4 members (excludes halogenated alkanes) is 18. The summed E-state index contributed by atoms with van der Waals surface area (Å²) in [4.78, 5) is 67.8. The lowest BCUT2D eigenvalue weighted by molar-refractivity contribution is -0.138. The average molecular weight is 1600 g/mol. The van der Waals surface area contributed by atoms with Crippen molar-refractivity contribution in [2.75, 3.05) is 34.5 Å². The molecule has 0 spiro atoms. The van der Waals surface area contributed by atoms with Crippen LogP contribution in [0.4, 0.5) is 0 Å². The van der Waals surface area contributed by atoms with Crippen LogP contribution in [0.1, 0.15) is 180 Å². The molecule has 0 bridgehead atoms. The van der Waals surface area contributed by atoms with Gasteiger partial charge in [0.25, 0.3) is 0 Å². The molecule has 6 aromatic carbocycles. The fourth-order valence-corrected chi connectivity index (χ4v) is 15.2. The summed E-state index contributed by atoms with van der Waals surface area (Å²) in [5.41, 5.74) is 0. The number of phenols is 4. The molecule has 0 amide bonds. The van der Waals surface area contributed by atoms with Crippen molar-refractivity contribution in [1.29, 1.82) is 0 Å². The lowest BCUT2D eigenvalue weighted by atomic mass is 10.1. The number of halogens is 4. The number of thioether (sulfide) groups is 6. The highest BCUT2D eigenvalue weighted by Gasteiger charge is 2.08. The zero-order chi connectivity index (χ0) is 75.4. The van der Waals surface area contributed by atoms with Gasteiger partial charge in [-0.25, -0.2) is 0 Å². The fourth-order valence-electron chi connectivity index (χ4n) is 8.73. The molecule has 0 radical (unpaired) electrons. The van der Waals surface area contributed by atoms with Crippen LogP contribution in [-0.2, 0) is 28.8 Å². The van der Waals surface area contributed by atoms with E-state index in [2.05, 4.69) is 0 Å². The van der Waals surface area contributed by atoms with Crippen molar-refractivity contribution in [3.8, 4) is 23.0 Å². The second kappa shape index (κ2) is 62.9. The molecule has 0 saturated heterocycles. The van der Waals surface area contributed by atoms with E-state index in [4.69, 9.17) is 82.1 Å². The highest BCUT2D eigenvalue weighted by molar-refractivity contribution is 8.00. The SMILES string of the molecule is O=C(O)CCCCCCCCCSc1ccc(O)cc1.O=C(O)CCCCCCCCCSc1cccc(O)c1.O=C(O)CCCCCCCSc1cccc(O)c1.O=C(O)CCCCCSc1cc(Cl)ccc1Cl.O=C(O)CCCSc1cccc(O)c1.O=C(O)CSc1cc(Cl)ccc1Cl. The van der Waals surface area contributed by atoms with E-state index in [1.165, 1.54) is 56.3 Å². The molecule has 16 nitrogen and oxygen atoms in total. The number of aromatic hydroxyl groups is 4. The van der Waals surface area contributed by atoms with E-state index < -0.39 is 35.8 Å². The fraction of sp³-hybridized carbons (Fsp3) is 0.447. The van der Waals surface area contributed by atoms with Crippen LogP contribution in [0.15, 0.2) is 163 Å². The molecule has 6 aromatic rings. The molecular formula is C76H100Cl4O16S6. The van der Waals surface area contributed by atoms with Crippen molar-refractivity contribution in [1.82, 2.24) is 0 Å². The number of carbonyl (C=O) groups is 6. The minimum absolute atomic E-state index is 0.0138. The van der Waals surface area contributed by atoms with Gasteiger partial charge in [-0.3, -0.25) is 28.8 Å². The summed E-state index contributed by atoms with van der Waals surface area (Å²) in [6, 6.07) is 39.3. The molecule has 0 saturated carbocycles. The predicted octanol–water partition coefficient (Wildman–Crippen LogP) is 23.5. The van der Waals surface area contributed by atoms with Crippen molar-refractivity contribution >= 4 is 153 Å². The number of rotatable bonds is 46. The van der Waals surface area contributed by atoms with E-state index in [0.29, 0.717) is 61.5 Å². The highest BCUT2D eigenvalue weighted by Crippen LogP contribution is 2.33. The van der Waals surface area contributed by atoms with Crippen LogP contribution in [-0.4, -0.2) is 121 Å². The Morgan fingerprint density at radius 2 is 0.529 bits per heavy atom. The Bertz CT molecular complexity index is 3260. The minimum atomic E-state index is -0.874. The molecule has 0 aliphatic carbocycles. The number of hydrogen-bond donors (Lipinski definition) is 10. The Balaban J connectivity index is 0.000000616. The van der Waals surface area contributed by atoms with E-state index in [9.17, 15) is 44.1 Å². The summed E-state index contributed by atoms with van der Waals surface area (Å²) in [5, 5.41) is 90.2. The monoisotopic (exact) mass is 1600 g/mol. The Morgan fingerprint density at radius 1 is 0.255 bits per heavy atom. The minimum Gasteiger partial charge on any atom is -0.508 e. The van der Waals surface area contributed by atoms with Crippen LogP contribution < -0.4 is 0 Å². The summed E-state index contributed by atoms with van der Waals surface area (Å²) in [5.74, 6) is 1.69. The maximum Gasteiger partial charge on any atom is 0.313 e. The summed E-state index contributed by atoms with van der Waals surface area (Å²) in [7, 11) is 0. The third-order valence-corrected chi connectivity index (χ3v) is 21.8. The van der Waals surface area contributed by atoms with E-state index in [1.54, 1.807) is 132 Å². The van der Waals surface area contributed by atoms with Crippen molar-refractivity contribution in [3.63, 3.8) is 0 Å². The molecule has 0 aromatic heterocycles. The van der Waals surface area contributed by atoms with Crippen molar-refractivity contribution in [2.24, 2.45) is 0 Å². The van der Waals surface area contributed by atoms with Crippen LogP contribution in [0.2, 0.25) is 20.1 Å². The van der Waals surface area contributed by atoms with Crippen molar-refractivity contribution in [2.45, 2.75) is 209 Å². The first-order valence-electron chi connectivity index (χ1n) is 34.1. The Kier molecular flexibility index (Phi) is 58.4. The van der Waals surface area contributed by atoms with E-state index >= 15 is 0 Å². The normalized spacial score (nSPS) is 10.4. The summed E-state index contributed by atoms with van der Waals surface area (Å²) < 4.78 is 0. The van der Waals surface area contributed by atoms with Crippen LogP contribution in [0.5, 0.6) is 23.0 Å². The summed E-state index contributed by atoms with van der Waals surface area (Å²) in [6.07, 6.45) is 25.6. The van der Waals surface area contributed by atoms with Gasteiger partial charge in [-0.2, -0.15) is 0 Å². The topological polar surface area (TPSA) is 305 Å². The first-order valence-corrected chi connectivity index (χ1v) is 41.5. The first-order chi connectivity index (χ1) is 48.9. The van der Waals surface area contributed by atoms with Gasteiger partial charge >= 0.3 is 35.8 Å². The van der Waals surface area contributed by atoms with Crippen LogP contribution >= 0.6 is 117 Å². The molecule has 564 valence electrons. The standard InChI is InChI=1S/2C16H24O3S.C14H20O3S.C12H14Cl2O2S.C10H12O3S.C8H6Cl2O2S/c17-14-9-8-10-15(13-14)20-12-7-5-3-1-2-4-6-11-16(18)19;17-14-9-11-15(12-10-14)20-13-7-5-3-1-2-4-6-8-16(18)19;15-12-7-6-8-13(11-12)18-10-5-3-1-2-4-9-14(16)17;13-9-5-6-10(14)11(8-9)17-7-3-1-2-4-12(15)16;11-8-3-1-4-9(7-8)14-6-2-5-10(12)13;9-5-1-2-6(10)7(3-5)13-4-8(11)12/h8-10,13,17H,1-7,11-12H2,(H,18,19);9-12,17H,1-8,13H2,(H,18,19);6-8,11,15H,1-5,9-10H2,(H,16,17);5-6,8H,1-4,7H2,(H,15,16);1,3-4,7,11H,2,5-6H2,(H,12,13);1-3H,4H2,(H,11,12). The molecule has 102 heavy (non-hydrogen) atoms. The molecule has 0 unspecified atom stereocenters. The third-order valence-electron chi connectivity index (χ3n) is 13.9. The van der Waals surface area contributed by atoms with Crippen LogP contribution in [0.3, 0.4) is 0 Å². The average Bonchev–Trinajstić information content (AvgIpc) is 0.902. The summed E-state index contributed by atoms with van der Waals surface area (Å²) >= 11 is 33.1. The molecule has 0 fully saturated rings. The van der Waals surface area contributed by atoms with Gasteiger partial charge in [-0.1, -0.05) is 154 Å². The molecule has 0 heterocycles. The Hall–Kier alpha value is -5.40. The molecule has 0 atom stereocenters. The second-order valence-electron chi connectivity index (χ2n) is 22.9. The largest absolute Gasteiger partial charge is 0.508 e. The smallest absolute Gasteiger partial charge is 0.313 e. The molecule has 6 rings (SSSR count). The molecule has 10 N–H and O–H groups in total. The Labute approximate surface area is 647 Å². The van der Waals surface area contributed by atoms with E-state index in [-0.39, 0.29) is 30.8 Å². The zero-order valence-corrected chi connectivity index (χ0v) is 65.5. The maximum absolute atomic E-state index is 10.3. The van der Waals surface area contributed by atoms with E-state index in [1.807, 2.05) is 60.3 Å². The number of carboxylic acids is 6. The number of phenolic OH excluding ortho intramolecular Hbond substituents is 4. The third kappa shape index (κ3) is 58.9. The van der Waals surface area contributed by atoms with E-state index in [0.717, 1.165) is 150 Å². The van der Waals surface area contributed by atoms with Crippen LogP contribution in [0, 0.1) is 0 Å². The first kappa shape index (κ1) is 94.6. The van der Waals surface area contributed by atoms with Gasteiger partial charge in [0, 0.05) is 71.5 Å². The quantitative estimate of drug-likeness (QED) is 0.0125. The molecule has 0 aliphatic heterocycles. The Morgan fingerprint density at radius 3 is 0.853 bits per heavy atom. The van der Waals surface area contributed by atoms with Gasteiger partial charge in [0.1, 0.15) is 23.0 Å². The number of benzene rings is 6. The highest BCUT2D eigenvalue weighted by atomic mass is 35.5.